The zero-order chi connectivity index (χ0) is 9.84. The number of anilines is 2. The van der Waals surface area contributed by atoms with Crippen molar-refractivity contribution in [2.45, 2.75) is 20.3 Å². The van der Waals surface area contributed by atoms with Crippen molar-refractivity contribution in [2.75, 3.05) is 24.2 Å². The maximum Gasteiger partial charge on any atom is 0.139 e. The molecule has 0 aromatic carbocycles. The molecule has 0 bridgehead atoms. The summed E-state index contributed by atoms with van der Waals surface area (Å²) < 4.78 is 4.05. The number of aromatic nitrogens is 1. The predicted molar refractivity (Wildman–Crippen MR) is 59.3 cm³/mol. The van der Waals surface area contributed by atoms with E-state index in [2.05, 4.69) is 30.2 Å². The van der Waals surface area contributed by atoms with Gasteiger partial charge in [0.2, 0.25) is 0 Å². The molecule has 1 aromatic heterocycles. The van der Waals surface area contributed by atoms with Crippen molar-refractivity contribution in [1.29, 1.82) is 0 Å². The molecular formula is C9H17N3S. The van der Waals surface area contributed by atoms with Crippen LogP contribution in [0.2, 0.25) is 0 Å². The van der Waals surface area contributed by atoms with Gasteiger partial charge < -0.3 is 10.6 Å². The topological polar surface area (TPSA) is 42.1 Å². The molecule has 0 aliphatic heterocycles. The van der Waals surface area contributed by atoms with Crippen LogP contribution in [0.5, 0.6) is 0 Å². The molecule has 1 unspecified atom stereocenters. The number of nitrogens with zero attached hydrogens (tertiary/aromatic N) is 2. The molecule has 0 aliphatic carbocycles. The van der Waals surface area contributed by atoms with Crippen molar-refractivity contribution in [3.8, 4) is 0 Å². The Hall–Kier alpha value is -0.770. The summed E-state index contributed by atoms with van der Waals surface area (Å²) in [6, 6.07) is 1.92. The van der Waals surface area contributed by atoms with Gasteiger partial charge in [-0.25, -0.2) is 0 Å². The first-order chi connectivity index (χ1) is 6.13. The second kappa shape index (κ2) is 4.46. The Morgan fingerprint density at radius 3 is 2.85 bits per heavy atom. The maximum atomic E-state index is 5.55. The van der Waals surface area contributed by atoms with E-state index in [1.807, 2.05) is 6.07 Å². The van der Waals surface area contributed by atoms with Crippen LogP contribution in [0, 0.1) is 5.92 Å². The highest BCUT2D eigenvalue weighted by Gasteiger charge is 2.07. The Morgan fingerprint density at radius 2 is 2.38 bits per heavy atom. The molecule has 0 radical (unpaired) electrons. The molecule has 0 spiro atoms. The smallest absolute Gasteiger partial charge is 0.139 e. The molecule has 2 N–H and O–H groups in total. The Balaban J connectivity index is 2.53. The van der Waals surface area contributed by atoms with Gasteiger partial charge >= 0.3 is 0 Å². The lowest BCUT2D eigenvalue weighted by atomic mass is 10.1. The standard InChI is InChI=1S/C9H17N3S/c1-4-7(2)6-12(3)9-5-8(10)11-13-9/h5,7H,4,6H2,1-3H3,(H2,10,11). The number of rotatable bonds is 4. The zero-order valence-corrected chi connectivity index (χ0v) is 9.27. The molecule has 13 heavy (non-hydrogen) atoms. The molecule has 0 saturated carbocycles. The fourth-order valence-corrected chi connectivity index (χ4v) is 1.78. The Bertz CT molecular complexity index is 259. The quantitative estimate of drug-likeness (QED) is 0.808. The molecule has 0 aliphatic rings. The molecule has 0 fully saturated rings. The summed E-state index contributed by atoms with van der Waals surface area (Å²) in [5.74, 6) is 1.34. The third-order valence-corrected chi connectivity index (χ3v) is 3.09. The van der Waals surface area contributed by atoms with E-state index in [1.54, 1.807) is 0 Å². The summed E-state index contributed by atoms with van der Waals surface area (Å²) >= 11 is 1.46. The Labute approximate surface area is 83.7 Å². The Kier molecular flexibility index (Phi) is 3.54. The van der Waals surface area contributed by atoms with Gasteiger partial charge in [0, 0.05) is 19.7 Å². The van der Waals surface area contributed by atoms with Gasteiger partial charge in [-0.15, -0.1) is 0 Å². The lowest BCUT2D eigenvalue weighted by Gasteiger charge is -2.20. The highest BCUT2D eigenvalue weighted by Crippen LogP contribution is 2.22. The van der Waals surface area contributed by atoms with Crippen LogP contribution >= 0.6 is 11.5 Å². The highest BCUT2D eigenvalue weighted by molar-refractivity contribution is 7.10. The summed E-state index contributed by atoms with van der Waals surface area (Å²) in [4.78, 5) is 2.21. The number of hydrogen-bond acceptors (Lipinski definition) is 4. The van der Waals surface area contributed by atoms with E-state index in [1.165, 1.54) is 18.0 Å². The van der Waals surface area contributed by atoms with Gasteiger partial charge in [-0.3, -0.25) is 0 Å². The van der Waals surface area contributed by atoms with Crippen molar-refractivity contribution in [1.82, 2.24) is 4.37 Å². The molecule has 0 amide bonds. The van der Waals surface area contributed by atoms with Gasteiger partial charge in [-0.2, -0.15) is 4.37 Å². The Morgan fingerprint density at radius 1 is 1.69 bits per heavy atom. The van der Waals surface area contributed by atoms with Gasteiger partial charge in [0.15, 0.2) is 0 Å². The van der Waals surface area contributed by atoms with E-state index in [9.17, 15) is 0 Å². The molecule has 3 nitrogen and oxygen atoms in total. The molecule has 1 heterocycles. The summed E-state index contributed by atoms with van der Waals surface area (Å²) in [6.07, 6.45) is 1.21. The average molecular weight is 199 g/mol. The van der Waals surface area contributed by atoms with Crippen molar-refractivity contribution < 1.29 is 0 Å². The van der Waals surface area contributed by atoms with Crippen LogP contribution in [0.25, 0.3) is 0 Å². The SMILES string of the molecule is CCC(C)CN(C)c1cc(N)ns1. The molecule has 1 aromatic rings. The van der Waals surface area contributed by atoms with Gasteiger partial charge in [0.25, 0.3) is 0 Å². The fourth-order valence-electron chi connectivity index (χ4n) is 1.15. The lowest BCUT2D eigenvalue weighted by Crippen LogP contribution is -2.22. The predicted octanol–water partition coefficient (Wildman–Crippen LogP) is 2.21. The van der Waals surface area contributed by atoms with E-state index < -0.39 is 0 Å². The van der Waals surface area contributed by atoms with Gasteiger partial charge in [-0.05, 0) is 17.5 Å². The molecule has 74 valence electrons. The van der Waals surface area contributed by atoms with Crippen LogP contribution < -0.4 is 10.6 Å². The van der Waals surface area contributed by atoms with E-state index in [-0.39, 0.29) is 0 Å². The third kappa shape index (κ3) is 2.88. The maximum absolute atomic E-state index is 5.55. The monoisotopic (exact) mass is 199 g/mol. The van der Waals surface area contributed by atoms with Crippen LogP contribution in [-0.2, 0) is 0 Å². The summed E-state index contributed by atoms with van der Waals surface area (Å²) in [7, 11) is 2.08. The van der Waals surface area contributed by atoms with E-state index in [0.717, 1.165) is 11.5 Å². The first-order valence-electron chi connectivity index (χ1n) is 4.56. The number of nitrogen functional groups attached to an aromatic ring is 1. The largest absolute Gasteiger partial charge is 0.383 e. The second-order valence-electron chi connectivity index (χ2n) is 3.48. The van der Waals surface area contributed by atoms with Gasteiger partial charge in [-0.1, -0.05) is 20.3 Å². The van der Waals surface area contributed by atoms with Crippen LogP contribution in [0.15, 0.2) is 6.07 Å². The van der Waals surface area contributed by atoms with E-state index in [0.29, 0.717) is 11.7 Å². The summed E-state index contributed by atoms with van der Waals surface area (Å²) in [6.45, 7) is 5.53. The molecular weight excluding hydrogens is 182 g/mol. The molecule has 0 saturated heterocycles. The molecule has 1 rings (SSSR count). The number of hydrogen-bond donors (Lipinski definition) is 1. The normalized spacial score (nSPS) is 12.8. The van der Waals surface area contributed by atoms with E-state index >= 15 is 0 Å². The fraction of sp³-hybridized carbons (Fsp3) is 0.667. The summed E-state index contributed by atoms with van der Waals surface area (Å²) in [5.41, 5.74) is 5.55. The zero-order valence-electron chi connectivity index (χ0n) is 8.45. The molecule has 1 atom stereocenters. The minimum Gasteiger partial charge on any atom is -0.383 e. The van der Waals surface area contributed by atoms with Crippen LogP contribution in [0.3, 0.4) is 0 Å². The van der Waals surface area contributed by atoms with Gasteiger partial charge in [0.05, 0.1) is 0 Å². The molecule has 4 heteroatoms. The van der Waals surface area contributed by atoms with Crippen molar-refractivity contribution in [3.05, 3.63) is 6.07 Å². The minimum atomic E-state index is 0.621. The summed E-state index contributed by atoms with van der Waals surface area (Å²) in [5, 5.41) is 1.15. The van der Waals surface area contributed by atoms with Crippen LogP contribution in [-0.4, -0.2) is 18.0 Å². The average Bonchev–Trinajstić information content (AvgIpc) is 2.51. The minimum absolute atomic E-state index is 0.621. The van der Waals surface area contributed by atoms with Crippen LogP contribution in [0.1, 0.15) is 20.3 Å². The van der Waals surface area contributed by atoms with Crippen molar-refractivity contribution >= 4 is 22.4 Å². The van der Waals surface area contributed by atoms with Gasteiger partial charge in [0.1, 0.15) is 10.8 Å². The second-order valence-corrected chi connectivity index (χ2v) is 4.27. The van der Waals surface area contributed by atoms with Crippen LogP contribution in [0.4, 0.5) is 10.8 Å². The third-order valence-electron chi connectivity index (χ3n) is 2.17. The lowest BCUT2D eigenvalue weighted by molar-refractivity contribution is 0.561. The van der Waals surface area contributed by atoms with Crippen molar-refractivity contribution in [3.63, 3.8) is 0 Å². The van der Waals surface area contributed by atoms with Crippen molar-refractivity contribution in [2.24, 2.45) is 5.92 Å². The first kappa shape index (κ1) is 10.3. The van der Waals surface area contributed by atoms with E-state index in [4.69, 9.17) is 5.73 Å². The highest BCUT2D eigenvalue weighted by atomic mass is 32.1. The number of nitrogens with two attached hydrogens (primary N) is 1. The first-order valence-corrected chi connectivity index (χ1v) is 5.34.